The second kappa shape index (κ2) is 7.90. The zero-order valence-electron chi connectivity index (χ0n) is 17.4. The fourth-order valence-corrected chi connectivity index (χ4v) is 4.18. The number of benzene rings is 2. The van der Waals surface area contributed by atoms with Gasteiger partial charge in [0.05, 0.1) is 17.5 Å². The van der Waals surface area contributed by atoms with E-state index in [-0.39, 0.29) is 29.4 Å². The molecular formula is C25H25NO4. The summed E-state index contributed by atoms with van der Waals surface area (Å²) < 4.78 is 5.79. The van der Waals surface area contributed by atoms with Gasteiger partial charge in [0.1, 0.15) is 5.75 Å². The van der Waals surface area contributed by atoms with Crippen molar-refractivity contribution >= 4 is 23.3 Å². The average molecular weight is 403 g/mol. The molecule has 1 aliphatic heterocycles. The maximum Gasteiger partial charge on any atom is 0.238 e. The Kier molecular flexibility index (Phi) is 5.29. The number of carbonyl (C=O) groups excluding carboxylic acids is 3. The molecule has 1 saturated heterocycles. The molecule has 1 heterocycles. The molecule has 2 aliphatic rings. The number of hydrogen-bond acceptors (Lipinski definition) is 4. The van der Waals surface area contributed by atoms with E-state index in [0.29, 0.717) is 29.8 Å². The topological polar surface area (TPSA) is 63.7 Å². The van der Waals surface area contributed by atoms with Crippen molar-refractivity contribution in [3.63, 3.8) is 0 Å². The minimum atomic E-state index is -0.648. The summed E-state index contributed by atoms with van der Waals surface area (Å²) in [5.74, 6) is -0.370. The number of amides is 2. The van der Waals surface area contributed by atoms with E-state index in [1.807, 2.05) is 26.0 Å². The van der Waals surface area contributed by atoms with Crippen LogP contribution in [-0.2, 0) is 9.59 Å². The van der Waals surface area contributed by atoms with Crippen LogP contribution in [0.1, 0.15) is 42.6 Å². The molecule has 0 N–H and O–H groups in total. The van der Waals surface area contributed by atoms with Gasteiger partial charge in [0.2, 0.25) is 17.6 Å². The standard InChI is InChI=1S/C25H25NO4/c1-15-4-7-18(8-5-15)23(27)17(3)30-20-11-9-19(10-12-20)26-24(28)21-13-6-16(2)14-22(21)25(26)29/h4-12,17,21-22H,13-14H2,1-3H3/t17-,21+,22+/m1/s1. The number of Topliss-reactive ketones (excluding diaryl/α,β-unsaturated/α-hetero) is 1. The van der Waals surface area contributed by atoms with Gasteiger partial charge in [-0.25, -0.2) is 0 Å². The Labute approximate surface area is 176 Å². The third-order valence-corrected chi connectivity index (χ3v) is 5.94. The van der Waals surface area contributed by atoms with Crippen molar-refractivity contribution in [1.82, 2.24) is 0 Å². The maximum absolute atomic E-state index is 12.8. The highest BCUT2D eigenvalue weighted by molar-refractivity contribution is 6.22. The Hall–Kier alpha value is -3.21. The molecule has 154 valence electrons. The normalized spacial score (nSPS) is 21.8. The molecule has 0 spiro atoms. The van der Waals surface area contributed by atoms with Crippen LogP contribution in [0.4, 0.5) is 5.69 Å². The van der Waals surface area contributed by atoms with Gasteiger partial charge in [0.15, 0.2) is 6.10 Å². The van der Waals surface area contributed by atoms with E-state index in [0.717, 1.165) is 11.1 Å². The van der Waals surface area contributed by atoms with Crippen LogP contribution in [0.25, 0.3) is 0 Å². The van der Waals surface area contributed by atoms with E-state index in [1.165, 1.54) is 4.90 Å². The van der Waals surface area contributed by atoms with E-state index in [9.17, 15) is 14.4 Å². The third kappa shape index (κ3) is 3.67. The number of hydrogen-bond donors (Lipinski definition) is 0. The molecule has 30 heavy (non-hydrogen) atoms. The molecule has 2 aromatic rings. The largest absolute Gasteiger partial charge is 0.483 e. The summed E-state index contributed by atoms with van der Waals surface area (Å²) in [6, 6.07) is 14.2. The lowest BCUT2D eigenvalue weighted by Gasteiger charge is -2.18. The second-order valence-electron chi connectivity index (χ2n) is 8.20. The fraction of sp³-hybridized carbons (Fsp3) is 0.320. The molecule has 5 nitrogen and oxygen atoms in total. The van der Waals surface area contributed by atoms with Crippen LogP contribution in [-0.4, -0.2) is 23.7 Å². The molecular weight excluding hydrogens is 378 g/mol. The number of ether oxygens (including phenoxy) is 1. The van der Waals surface area contributed by atoms with Crippen molar-refractivity contribution in [2.75, 3.05) is 4.90 Å². The number of nitrogens with zero attached hydrogens (tertiary/aromatic N) is 1. The zero-order valence-corrected chi connectivity index (χ0v) is 17.4. The second-order valence-corrected chi connectivity index (χ2v) is 8.20. The first-order valence-corrected chi connectivity index (χ1v) is 10.3. The lowest BCUT2D eigenvalue weighted by Crippen LogP contribution is -2.30. The molecule has 5 heteroatoms. The molecule has 1 aliphatic carbocycles. The van der Waals surface area contributed by atoms with Crippen LogP contribution in [0.2, 0.25) is 0 Å². The number of allylic oxidation sites excluding steroid dienone is 2. The quantitative estimate of drug-likeness (QED) is 0.419. The predicted octanol–water partition coefficient (Wildman–Crippen LogP) is 4.49. The van der Waals surface area contributed by atoms with Gasteiger partial charge < -0.3 is 4.74 Å². The van der Waals surface area contributed by atoms with Gasteiger partial charge in [-0.15, -0.1) is 0 Å². The fourth-order valence-electron chi connectivity index (χ4n) is 4.18. The Balaban J connectivity index is 1.45. The lowest BCUT2D eigenvalue weighted by atomic mass is 9.82. The summed E-state index contributed by atoms with van der Waals surface area (Å²) >= 11 is 0. The number of rotatable bonds is 5. The summed E-state index contributed by atoms with van der Waals surface area (Å²) in [6.07, 6.45) is 2.67. The first-order valence-electron chi connectivity index (χ1n) is 10.3. The van der Waals surface area contributed by atoms with Gasteiger partial charge in [-0.1, -0.05) is 41.5 Å². The SMILES string of the molecule is CC1=CC[C@@H]2C(=O)N(c3ccc(O[C@H](C)C(=O)c4ccc(C)cc4)cc3)C(=O)[C@H]2C1. The van der Waals surface area contributed by atoms with Crippen LogP contribution in [0.15, 0.2) is 60.2 Å². The number of fused-ring (bicyclic) bond motifs is 1. The molecule has 2 aromatic carbocycles. The minimum Gasteiger partial charge on any atom is -0.483 e. The molecule has 2 amide bonds. The number of carbonyl (C=O) groups is 3. The van der Waals surface area contributed by atoms with Crippen molar-refractivity contribution in [3.8, 4) is 5.75 Å². The van der Waals surface area contributed by atoms with Crippen molar-refractivity contribution in [3.05, 3.63) is 71.3 Å². The minimum absolute atomic E-state index is 0.101. The summed E-state index contributed by atoms with van der Waals surface area (Å²) in [7, 11) is 0. The van der Waals surface area contributed by atoms with Gasteiger partial charge in [0.25, 0.3) is 0 Å². The summed E-state index contributed by atoms with van der Waals surface area (Å²) in [6.45, 7) is 5.68. The van der Waals surface area contributed by atoms with Crippen molar-refractivity contribution in [1.29, 1.82) is 0 Å². The molecule has 0 saturated carbocycles. The Morgan fingerprint density at radius 1 is 0.967 bits per heavy atom. The summed E-state index contributed by atoms with van der Waals surface area (Å²) in [5, 5.41) is 0. The summed E-state index contributed by atoms with van der Waals surface area (Å²) in [4.78, 5) is 39.5. The Morgan fingerprint density at radius 2 is 1.60 bits per heavy atom. The van der Waals surface area contributed by atoms with Crippen LogP contribution < -0.4 is 9.64 Å². The smallest absolute Gasteiger partial charge is 0.238 e. The molecule has 0 unspecified atom stereocenters. The highest BCUT2D eigenvalue weighted by atomic mass is 16.5. The third-order valence-electron chi connectivity index (χ3n) is 5.94. The molecule has 3 atom stereocenters. The van der Waals surface area contributed by atoms with Crippen LogP contribution in [0.5, 0.6) is 5.75 Å². The van der Waals surface area contributed by atoms with Crippen LogP contribution in [0.3, 0.4) is 0 Å². The Morgan fingerprint density at radius 3 is 2.27 bits per heavy atom. The number of ketones is 1. The van der Waals surface area contributed by atoms with E-state index < -0.39 is 6.10 Å². The maximum atomic E-state index is 12.8. The highest BCUT2D eigenvalue weighted by Gasteiger charge is 2.48. The van der Waals surface area contributed by atoms with Gasteiger partial charge in [0, 0.05) is 5.56 Å². The van der Waals surface area contributed by atoms with Crippen molar-refractivity contribution in [2.24, 2.45) is 11.8 Å². The first kappa shape index (κ1) is 20.1. The van der Waals surface area contributed by atoms with E-state index in [1.54, 1.807) is 43.3 Å². The van der Waals surface area contributed by atoms with Gasteiger partial charge in [-0.3, -0.25) is 19.3 Å². The number of anilines is 1. The average Bonchev–Trinajstić information content (AvgIpc) is 2.98. The highest BCUT2D eigenvalue weighted by Crippen LogP contribution is 2.40. The predicted molar refractivity (Wildman–Crippen MR) is 115 cm³/mol. The van der Waals surface area contributed by atoms with E-state index >= 15 is 0 Å². The van der Waals surface area contributed by atoms with Gasteiger partial charge >= 0.3 is 0 Å². The van der Waals surface area contributed by atoms with Crippen LogP contribution >= 0.6 is 0 Å². The summed E-state index contributed by atoms with van der Waals surface area (Å²) in [5.41, 5.74) is 3.40. The van der Waals surface area contributed by atoms with Crippen LogP contribution in [0, 0.1) is 18.8 Å². The van der Waals surface area contributed by atoms with Gasteiger partial charge in [-0.2, -0.15) is 0 Å². The molecule has 1 fully saturated rings. The molecule has 0 aromatic heterocycles. The monoisotopic (exact) mass is 403 g/mol. The zero-order chi connectivity index (χ0) is 21.4. The van der Waals surface area contributed by atoms with Crippen molar-refractivity contribution in [2.45, 2.75) is 39.7 Å². The number of aryl methyl sites for hydroxylation is 1. The van der Waals surface area contributed by atoms with E-state index in [4.69, 9.17) is 4.74 Å². The molecule has 0 radical (unpaired) electrons. The first-order chi connectivity index (χ1) is 14.3. The number of imide groups is 1. The molecule has 4 rings (SSSR count). The lowest BCUT2D eigenvalue weighted by molar-refractivity contribution is -0.122. The van der Waals surface area contributed by atoms with Crippen molar-refractivity contribution < 1.29 is 19.1 Å². The van der Waals surface area contributed by atoms with E-state index in [2.05, 4.69) is 6.08 Å². The molecule has 0 bridgehead atoms. The Bertz CT molecular complexity index is 1020. The van der Waals surface area contributed by atoms with Gasteiger partial charge in [-0.05, 0) is 57.9 Å².